The molecule has 1 unspecified atom stereocenters. The van der Waals surface area contributed by atoms with Crippen LogP contribution in [0.3, 0.4) is 0 Å². The van der Waals surface area contributed by atoms with E-state index in [1.54, 1.807) is 7.11 Å². The Morgan fingerprint density at radius 3 is 2.73 bits per heavy atom. The molecule has 2 saturated heterocycles. The van der Waals surface area contributed by atoms with Crippen LogP contribution in [0.25, 0.3) is 33.5 Å². The predicted molar refractivity (Wildman–Crippen MR) is 161 cm³/mol. The molecule has 2 aliphatic heterocycles. The van der Waals surface area contributed by atoms with E-state index in [-0.39, 0.29) is 5.91 Å². The fourth-order valence-electron chi connectivity index (χ4n) is 7.05. The third-order valence-electron chi connectivity index (χ3n) is 9.46. The summed E-state index contributed by atoms with van der Waals surface area (Å²) in [6, 6.07) is 12.8. The van der Waals surface area contributed by atoms with Crippen molar-refractivity contribution >= 4 is 27.8 Å². The maximum Gasteiger partial charge on any atom is 0.254 e. The lowest BCUT2D eigenvalue weighted by Gasteiger charge is -2.32. The summed E-state index contributed by atoms with van der Waals surface area (Å²) >= 11 is 0. The van der Waals surface area contributed by atoms with Gasteiger partial charge in [0.25, 0.3) is 5.91 Å². The zero-order chi connectivity index (χ0) is 28.1. The van der Waals surface area contributed by atoms with Crippen LogP contribution in [0, 0.1) is 11.8 Å². The lowest BCUT2D eigenvalue weighted by Crippen LogP contribution is -2.42. The van der Waals surface area contributed by atoms with E-state index in [4.69, 9.17) is 20.2 Å². The zero-order valence-corrected chi connectivity index (χ0v) is 24.3. The molecule has 0 spiro atoms. The first-order valence-corrected chi connectivity index (χ1v) is 15.3. The largest absolute Gasteiger partial charge is 0.494 e. The van der Waals surface area contributed by atoms with Crippen LogP contribution in [0.4, 0.5) is 0 Å². The van der Waals surface area contributed by atoms with Gasteiger partial charge in [-0.15, -0.1) is 0 Å². The van der Waals surface area contributed by atoms with Gasteiger partial charge in [0.1, 0.15) is 11.3 Å². The minimum Gasteiger partial charge on any atom is -0.494 e. The second-order valence-electron chi connectivity index (χ2n) is 12.3. The number of piperidine rings is 1. The molecule has 2 aromatic carbocycles. The van der Waals surface area contributed by atoms with E-state index in [0.717, 1.165) is 74.5 Å². The summed E-state index contributed by atoms with van der Waals surface area (Å²) in [5.41, 5.74) is 12.1. The van der Waals surface area contributed by atoms with Crippen molar-refractivity contribution in [2.75, 3.05) is 40.0 Å². The molecule has 2 N–H and O–H groups in total. The van der Waals surface area contributed by atoms with E-state index in [0.29, 0.717) is 42.2 Å². The van der Waals surface area contributed by atoms with Crippen LogP contribution in [0.1, 0.15) is 60.4 Å². The molecule has 0 radical (unpaired) electrons. The van der Waals surface area contributed by atoms with Crippen LogP contribution in [-0.4, -0.2) is 64.9 Å². The van der Waals surface area contributed by atoms with Crippen molar-refractivity contribution in [2.45, 2.75) is 51.0 Å². The maximum absolute atomic E-state index is 13.6. The van der Waals surface area contributed by atoms with Crippen molar-refractivity contribution < 1.29 is 14.3 Å². The van der Waals surface area contributed by atoms with Gasteiger partial charge in [0.15, 0.2) is 5.82 Å². The second-order valence-corrected chi connectivity index (χ2v) is 12.3. The zero-order valence-electron chi connectivity index (χ0n) is 24.3. The lowest BCUT2D eigenvalue weighted by atomic mass is 9.92. The molecule has 216 valence electrons. The quantitative estimate of drug-likeness (QED) is 0.334. The first-order chi connectivity index (χ1) is 20.1. The van der Waals surface area contributed by atoms with Crippen LogP contribution in [0.5, 0.6) is 5.75 Å². The van der Waals surface area contributed by atoms with Gasteiger partial charge in [0.05, 0.1) is 30.4 Å². The number of carbonyl (C=O) groups is 1. The Kier molecular flexibility index (Phi) is 6.99. The third-order valence-corrected chi connectivity index (χ3v) is 9.46. The Labute approximate surface area is 241 Å². The van der Waals surface area contributed by atoms with E-state index in [9.17, 15) is 4.79 Å². The number of aromatic nitrogens is 3. The number of hydrogen-bond acceptors (Lipinski definition) is 5. The molecular formula is C33H41N5O3. The summed E-state index contributed by atoms with van der Waals surface area (Å²) in [5, 5.41) is 1.25. The van der Waals surface area contributed by atoms with Crippen LogP contribution in [-0.2, 0) is 18.3 Å². The van der Waals surface area contributed by atoms with Gasteiger partial charge in [-0.25, -0.2) is 4.98 Å². The van der Waals surface area contributed by atoms with Gasteiger partial charge in [-0.2, -0.15) is 0 Å². The van der Waals surface area contributed by atoms with Crippen molar-refractivity contribution in [1.29, 1.82) is 0 Å². The molecule has 4 heterocycles. The molecule has 3 fully saturated rings. The standard InChI is InChI=1S/C33H41N5O3/c1-36-31-27(14-25(16-29(31)40-2)33(39)37-12-4-6-22(17-34)18-37)35-32(36)28-15-23-7-3-9-26(24-8-5-13-41-20-24)30(23)38(28)19-21-10-11-21/h3,7,9,14-16,21-22,24H,4-6,8,10-13,17-20,34H2,1-2H3/t22-,24?/m0/s1. The molecular weight excluding hydrogens is 514 g/mol. The molecule has 1 saturated carbocycles. The van der Waals surface area contributed by atoms with Gasteiger partial charge >= 0.3 is 0 Å². The molecule has 1 aliphatic carbocycles. The predicted octanol–water partition coefficient (Wildman–Crippen LogP) is 5.32. The molecule has 8 heteroatoms. The van der Waals surface area contributed by atoms with Crippen LogP contribution < -0.4 is 10.5 Å². The fraction of sp³-hybridized carbons (Fsp3) is 0.515. The molecule has 7 rings (SSSR count). The first kappa shape index (κ1) is 26.5. The van der Waals surface area contributed by atoms with Crippen LogP contribution >= 0.6 is 0 Å². The van der Waals surface area contributed by atoms with Crippen molar-refractivity contribution in [3.8, 4) is 17.3 Å². The van der Waals surface area contributed by atoms with E-state index in [2.05, 4.69) is 40.4 Å². The van der Waals surface area contributed by atoms with Crippen molar-refractivity contribution in [1.82, 2.24) is 19.0 Å². The van der Waals surface area contributed by atoms with E-state index in [1.807, 2.05) is 17.0 Å². The van der Waals surface area contributed by atoms with Crippen molar-refractivity contribution in [3.63, 3.8) is 0 Å². The summed E-state index contributed by atoms with van der Waals surface area (Å²) in [5.74, 6) is 3.07. The number of nitrogens with zero attached hydrogens (tertiary/aromatic N) is 4. The first-order valence-electron chi connectivity index (χ1n) is 15.3. The van der Waals surface area contributed by atoms with Gasteiger partial charge in [0.2, 0.25) is 0 Å². The molecule has 41 heavy (non-hydrogen) atoms. The summed E-state index contributed by atoms with van der Waals surface area (Å²) < 4.78 is 16.4. The lowest BCUT2D eigenvalue weighted by molar-refractivity contribution is 0.0678. The van der Waals surface area contributed by atoms with Gasteiger partial charge in [-0.3, -0.25) is 4.79 Å². The van der Waals surface area contributed by atoms with Gasteiger partial charge in [-0.05, 0) is 80.7 Å². The number of para-hydroxylation sites is 1. The molecule has 0 bridgehead atoms. The highest BCUT2D eigenvalue weighted by Crippen LogP contribution is 2.41. The number of imidazole rings is 1. The van der Waals surface area contributed by atoms with E-state index < -0.39 is 0 Å². The topological polar surface area (TPSA) is 87.5 Å². The number of methoxy groups -OCH3 is 1. The minimum atomic E-state index is 0.0257. The average Bonchev–Trinajstić information content (AvgIpc) is 3.68. The molecule has 8 nitrogen and oxygen atoms in total. The minimum absolute atomic E-state index is 0.0257. The Morgan fingerprint density at radius 1 is 1.10 bits per heavy atom. The van der Waals surface area contributed by atoms with Crippen LogP contribution in [0.15, 0.2) is 36.4 Å². The summed E-state index contributed by atoms with van der Waals surface area (Å²) in [6.45, 7) is 4.72. The number of nitrogens with two attached hydrogens (primary N) is 1. The molecule has 3 aliphatic rings. The third kappa shape index (κ3) is 4.81. The number of aryl methyl sites for hydroxylation is 1. The van der Waals surface area contributed by atoms with Gasteiger partial charge in [0, 0.05) is 50.2 Å². The number of carbonyl (C=O) groups excluding carboxylic acids is 1. The maximum atomic E-state index is 13.6. The Balaban J connectivity index is 1.34. The SMILES string of the molecule is COc1cc(C(=O)N2CCC[C@@H](CN)C2)cc2nc(-c3cc4cccc(C5CCCOC5)c4n3CC3CC3)n(C)c12. The van der Waals surface area contributed by atoms with E-state index >= 15 is 0 Å². The number of rotatable bonds is 7. The summed E-state index contributed by atoms with van der Waals surface area (Å²) in [4.78, 5) is 20.7. The Hall–Kier alpha value is -3.36. The van der Waals surface area contributed by atoms with E-state index in [1.165, 1.54) is 29.3 Å². The highest BCUT2D eigenvalue weighted by Gasteiger charge is 2.29. The van der Waals surface area contributed by atoms with Crippen molar-refractivity contribution in [2.24, 2.45) is 24.6 Å². The number of benzene rings is 2. The van der Waals surface area contributed by atoms with Gasteiger partial charge < -0.3 is 29.2 Å². The highest BCUT2D eigenvalue weighted by molar-refractivity contribution is 6.00. The monoisotopic (exact) mass is 555 g/mol. The number of fused-ring (bicyclic) bond motifs is 2. The Morgan fingerprint density at radius 2 is 1.98 bits per heavy atom. The van der Waals surface area contributed by atoms with Crippen molar-refractivity contribution in [3.05, 3.63) is 47.5 Å². The molecule has 2 atom stereocenters. The number of hydrogen-bond donors (Lipinski definition) is 1. The van der Waals surface area contributed by atoms with Gasteiger partial charge in [-0.1, -0.05) is 18.2 Å². The number of ether oxygens (including phenoxy) is 2. The Bertz CT molecular complexity index is 1590. The average molecular weight is 556 g/mol. The molecule has 1 amide bonds. The normalized spacial score (nSPS) is 21.6. The summed E-state index contributed by atoms with van der Waals surface area (Å²) in [6.07, 6.45) is 6.88. The smallest absolute Gasteiger partial charge is 0.254 e. The highest BCUT2D eigenvalue weighted by atomic mass is 16.5. The number of amides is 1. The molecule has 2 aromatic heterocycles. The number of likely N-dealkylation sites (tertiary alicyclic amines) is 1. The summed E-state index contributed by atoms with van der Waals surface area (Å²) in [7, 11) is 3.73. The molecule has 4 aromatic rings. The fourth-order valence-corrected chi connectivity index (χ4v) is 7.05. The van der Waals surface area contributed by atoms with Crippen LogP contribution in [0.2, 0.25) is 0 Å². The second kappa shape index (κ2) is 10.8.